The van der Waals surface area contributed by atoms with Gasteiger partial charge in [-0.1, -0.05) is 25.5 Å². The molecule has 3 fully saturated rings. The molecule has 164 valence electrons. The number of aliphatic hydroxyl groups excluding tert-OH is 1. The molecule has 0 aromatic carbocycles. The molecule has 8 atom stereocenters. The molecule has 8 unspecified atom stereocenters. The van der Waals surface area contributed by atoms with Gasteiger partial charge in [0.2, 0.25) is 0 Å². The summed E-state index contributed by atoms with van der Waals surface area (Å²) in [4.78, 5) is 11.4. The number of ether oxygens (including phenoxy) is 1. The third-order valence-electron chi connectivity index (χ3n) is 9.78. The minimum atomic E-state index is -0.914. The van der Waals surface area contributed by atoms with Crippen LogP contribution < -0.4 is 5.63 Å². The molecule has 2 N–H and O–H groups in total. The van der Waals surface area contributed by atoms with Gasteiger partial charge in [-0.05, 0) is 79.7 Å². The van der Waals surface area contributed by atoms with Gasteiger partial charge in [0.25, 0.3) is 0 Å². The first kappa shape index (κ1) is 20.5. The maximum absolute atomic E-state index is 12.2. The van der Waals surface area contributed by atoms with E-state index in [1.807, 2.05) is 0 Å². The second kappa shape index (κ2) is 6.78. The number of hydrogen-bond donors (Lipinski definition) is 2. The highest BCUT2D eigenvalue weighted by Crippen LogP contribution is 2.70. The molecule has 1 aromatic heterocycles. The molecule has 5 heteroatoms. The summed E-state index contributed by atoms with van der Waals surface area (Å²) in [5, 5.41) is 23.8. The number of fused-ring (bicyclic) bond motifs is 5. The van der Waals surface area contributed by atoms with Crippen molar-refractivity contribution >= 4 is 0 Å². The number of hydrogen-bond acceptors (Lipinski definition) is 5. The van der Waals surface area contributed by atoms with Crippen molar-refractivity contribution in [3.8, 4) is 0 Å². The predicted molar refractivity (Wildman–Crippen MR) is 113 cm³/mol. The van der Waals surface area contributed by atoms with E-state index < -0.39 is 17.1 Å². The van der Waals surface area contributed by atoms with Crippen LogP contribution in [0, 0.1) is 22.7 Å². The van der Waals surface area contributed by atoms with E-state index >= 15 is 0 Å². The molecule has 3 saturated carbocycles. The molecule has 4 aliphatic rings. The maximum atomic E-state index is 12.2. The fraction of sp³-hybridized carbons (Fsp3) is 0.720. The highest BCUT2D eigenvalue weighted by atomic mass is 16.5. The van der Waals surface area contributed by atoms with E-state index in [0.717, 1.165) is 37.7 Å². The topological polar surface area (TPSA) is 79.9 Å². The van der Waals surface area contributed by atoms with Crippen LogP contribution in [0.5, 0.6) is 0 Å². The van der Waals surface area contributed by atoms with Gasteiger partial charge in [-0.2, -0.15) is 0 Å². The second-order valence-corrected chi connectivity index (χ2v) is 10.6. The van der Waals surface area contributed by atoms with Gasteiger partial charge < -0.3 is 19.4 Å². The Kier molecular flexibility index (Phi) is 4.63. The van der Waals surface area contributed by atoms with Crippen LogP contribution in [0.2, 0.25) is 0 Å². The van der Waals surface area contributed by atoms with Crippen molar-refractivity contribution in [2.75, 3.05) is 7.11 Å². The number of rotatable bonds is 2. The molecule has 4 aliphatic carbocycles. The van der Waals surface area contributed by atoms with Crippen LogP contribution in [0.1, 0.15) is 70.3 Å². The van der Waals surface area contributed by atoms with E-state index in [1.165, 1.54) is 17.9 Å². The molecule has 0 radical (unpaired) electrons. The molecule has 1 aromatic rings. The van der Waals surface area contributed by atoms with Crippen LogP contribution in [0.4, 0.5) is 0 Å². The Morgan fingerprint density at radius 1 is 1.13 bits per heavy atom. The molecule has 0 aliphatic heterocycles. The van der Waals surface area contributed by atoms with Crippen LogP contribution in [-0.4, -0.2) is 35.1 Å². The van der Waals surface area contributed by atoms with Crippen molar-refractivity contribution in [3.63, 3.8) is 0 Å². The molecule has 0 spiro atoms. The Labute approximate surface area is 178 Å². The summed E-state index contributed by atoms with van der Waals surface area (Å²) in [6, 6.07) is 3.25. The van der Waals surface area contributed by atoms with Crippen LogP contribution in [0.25, 0.3) is 0 Å². The van der Waals surface area contributed by atoms with E-state index in [1.54, 1.807) is 13.2 Å². The quantitative estimate of drug-likeness (QED) is 0.720. The molecular weight excluding hydrogens is 380 g/mol. The molecular formula is C25H34O5. The summed E-state index contributed by atoms with van der Waals surface area (Å²) in [7, 11) is 1.78. The Bertz CT molecular complexity index is 900. The predicted octanol–water partition coefficient (Wildman–Crippen LogP) is 3.79. The van der Waals surface area contributed by atoms with Gasteiger partial charge in [-0.25, -0.2) is 4.79 Å². The van der Waals surface area contributed by atoms with Crippen LogP contribution in [0.3, 0.4) is 0 Å². The highest BCUT2D eigenvalue weighted by Gasteiger charge is 2.69. The van der Waals surface area contributed by atoms with Gasteiger partial charge in [-0.15, -0.1) is 0 Å². The van der Waals surface area contributed by atoms with E-state index in [4.69, 9.17) is 9.15 Å². The van der Waals surface area contributed by atoms with Crippen molar-refractivity contribution in [2.45, 2.75) is 82.5 Å². The number of aliphatic hydroxyl groups is 2. The van der Waals surface area contributed by atoms with E-state index in [9.17, 15) is 15.0 Å². The van der Waals surface area contributed by atoms with Crippen LogP contribution in [-0.2, 0) is 4.74 Å². The van der Waals surface area contributed by atoms with E-state index in [0.29, 0.717) is 12.8 Å². The molecule has 5 nitrogen and oxygen atoms in total. The monoisotopic (exact) mass is 414 g/mol. The fourth-order valence-corrected chi connectivity index (χ4v) is 7.94. The molecule has 0 bridgehead atoms. The fourth-order valence-electron chi connectivity index (χ4n) is 7.94. The first-order valence-corrected chi connectivity index (χ1v) is 11.5. The average Bonchev–Trinajstić information content (AvgIpc) is 3.02. The van der Waals surface area contributed by atoms with Crippen LogP contribution in [0.15, 0.2) is 39.3 Å². The lowest BCUT2D eigenvalue weighted by Gasteiger charge is -2.63. The van der Waals surface area contributed by atoms with Crippen molar-refractivity contribution < 1.29 is 19.4 Å². The summed E-state index contributed by atoms with van der Waals surface area (Å²) in [5.74, 6) is 0.431. The standard InChI is InChI=1S/C25H34O5/c1-23-10-8-17(29-3)12-16(23)5-6-19-20(23)13-21(26)24(2)18(9-11-25(19,24)28)15-4-7-22(27)30-14-15/h4,7,12,14,17-21,26,28H,5-6,8-11,13H2,1-3H3. The van der Waals surface area contributed by atoms with Crippen molar-refractivity contribution in [2.24, 2.45) is 22.7 Å². The molecule has 5 rings (SSSR count). The molecule has 1 heterocycles. The minimum absolute atomic E-state index is 0.0169. The largest absolute Gasteiger partial charge is 0.431 e. The smallest absolute Gasteiger partial charge is 0.335 e. The minimum Gasteiger partial charge on any atom is -0.431 e. The molecule has 30 heavy (non-hydrogen) atoms. The van der Waals surface area contributed by atoms with Crippen molar-refractivity contribution in [3.05, 3.63) is 46.0 Å². The lowest BCUT2D eigenvalue weighted by Crippen LogP contribution is -2.65. The first-order chi connectivity index (χ1) is 14.2. The van der Waals surface area contributed by atoms with E-state index in [-0.39, 0.29) is 34.9 Å². The van der Waals surface area contributed by atoms with E-state index in [2.05, 4.69) is 19.9 Å². The lowest BCUT2D eigenvalue weighted by molar-refractivity contribution is -0.222. The zero-order valence-electron chi connectivity index (χ0n) is 18.3. The van der Waals surface area contributed by atoms with Gasteiger partial charge >= 0.3 is 5.63 Å². The first-order valence-electron chi connectivity index (χ1n) is 11.5. The summed E-state index contributed by atoms with van der Waals surface area (Å²) in [6.07, 6.45) is 9.62. The second-order valence-electron chi connectivity index (χ2n) is 10.6. The Balaban J connectivity index is 1.53. The number of allylic oxidation sites excluding steroid dienone is 1. The zero-order valence-corrected chi connectivity index (χ0v) is 18.3. The van der Waals surface area contributed by atoms with Crippen LogP contribution >= 0.6 is 0 Å². The summed E-state index contributed by atoms with van der Waals surface area (Å²) in [5.41, 5.74) is 0.466. The third-order valence-corrected chi connectivity index (χ3v) is 9.78. The Morgan fingerprint density at radius 3 is 2.63 bits per heavy atom. The van der Waals surface area contributed by atoms with Crippen molar-refractivity contribution in [1.29, 1.82) is 0 Å². The Morgan fingerprint density at radius 2 is 1.93 bits per heavy atom. The van der Waals surface area contributed by atoms with Gasteiger partial charge in [0.1, 0.15) is 0 Å². The molecule has 0 amide bonds. The normalized spacial score (nSPS) is 47.8. The average molecular weight is 415 g/mol. The zero-order chi connectivity index (χ0) is 21.3. The van der Waals surface area contributed by atoms with Crippen molar-refractivity contribution in [1.82, 2.24) is 0 Å². The number of methoxy groups -OCH3 is 1. The summed E-state index contributed by atoms with van der Waals surface area (Å²) in [6.45, 7) is 4.41. The maximum Gasteiger partial charge on any atom is 0.335 e. The SMILES string of the molecule is COC1C=C2CCC3C(CC(O)C4(C)C(c5ccc(=O)oc5)CCC34O)C2(C)CC1. The Hall–Kier alpha value is -1.43. The third kappa shape index (κ3) is 2.55. The summed E-state index contributed by atoms with van der Waals surface area (Å²) >= 11 is 0. The van der Waals surface area contributed by atoms with Gasteiger partial charge in [0.05, 0.1) is 24.1 Å². The van der Waals surface area contributed by atoms with Gasteiger partial charge in [0, 0.05) is 18.6 Å². The lowest BCUT2D eigenvalue weighted by atomic mass is 9.44. The van der Waals surface area contributed by atoms with Gasteiger partial charge in [-0.3, -0.25) is 0 Å². The summed E-state index contributed by atoms with van der Waals surface area (Å²) < 4.78 is 10.8. The van der Waals surface area contributed by atoms with Gasteiger partial charge in [0.15, 0.2) is 0 Å². The molecule has 0 saturated heterocycles. The highest BCUT2D eigenvalue weighted by molar-refractivity contribution is 5.32.